The number of ether oxygens (including phenoxy) is 1. The van der Waals surface area contributed by atoms with Gasteiger partial charge in [0, 0.05) is 29.7 Å². The van der Waals surface area contributed by atoms with Crippen molar-refractivity contribution in [2.24, 2.45) is 0 Å². The van der Waals surface area contributed by atoms with Crippen molar-refractivity contribution in [2.75, 3.05) is 25.5 Å². The number of sulfonamides is 1. The van der Waals surface area contributed by atoms with E-state index < -0.39 is 10.0 Å². The van der Waals surface area contributed by atoms with Gasteiger partial charge in [0.1, 0.15) is 10.6 Å². The number of nitrogens with zero attached hydrogens (tertiary/aromatic N) is 1. The Bertz CT molecular complexity index is 972. The zero-order valence-electron chi connectivity index (χ0n) is 16.4. The number of anilines is 1. The van der Waals surface area contributed by atoms with Crippen molar-refractivity contribution >= 4 is 37.5 Å². The number of piperidine rings is 1. The van der Waals surface area contributed by atoms with E-state index in [1.807, 2.05) is 24.3 Å². The van der Waals surface area contributed by atoms with Crippen LogP contribution in [0.2, 0.25) is 0 Å². The molecule has 1 fully saturated rings. The third kappa shape index (κ3) is 5.58. The van der Waals surface area contributed by atoms with Crippen LogP contribution in [0.5, 0.6) is 5.75 Å². The molecule has 1 amide bonds. The van der Waals surface area contributed by atoms with Crippen LogP contribution in [0.1, 0.15) is 31.2 Å². The Morgan fingerprint density at radius 3 is 2.59 bits per heavy atom. The van der Waals surface area contributed by atoms with Crippen LogP contribution >= 0.6 is 15.9 Å². The largest absolute Gasteiger partial charge is 0.495 e. The van der Waals surface area contributed by atoms with Crippen molar-refractivity contribution in [1.82, 2.24) is 4.31 Å². The molecule has 0 aliphatic carbocycles. The minimum absolute atomic E-state index is 0.0895. The Balaban J connectivity index is 1.73. The van der Waals surface area contributed by atoms with E-state index in [0.717, 1.165) is 29.3 Å². The van der Waals surface area contributed by atoms with E-state index in [2.05, 4.69) is 21.2 Å². The molecule has 6 nitrogen and oxygen atoms in total. The van der Waals surface area contributed by atoms with Crippen LogP contribution in [0.25, 0.3) is 0 Å². The van der Waals surface area contributed by atoms with E-state index in [9.17, 15) is 13.2 Å². The van der Waals surface area contributed by atoms with Crippen LogP contribution in [0.15, 0.2) is 51.8 Å². The number of amides is 1. The molecule has 0 radical (unpaired) electrons. The molecule has 156 valence electrons. The van der Waals surface area contributed by atoms with Crippen molar-refractivity contribution in [2.45, 2.75) is 37.0 Å². The zero-order valence-corrected chi connectivity index (χ0v) is 18.8. The van der Waals surface area contributed by atoms with Gasteiger partial charge in [-0.3, -0.25) is 4.79 Å². The van der Waals surface area contributed by atoms with Gasteiger partial charge < -0.3 is 10.1 Å². The Morgan fingerprint density at radius 1 is 1.14 bits per heavy atom. The first kappa shape index (κ1) is 21.8. The van der Waals surface area contributed by atoms with Crippen LogP contribution in [-0.4, -0.2) is 38.8 Å². The number of nitrogens with one attached hydrogen (secondary N) is 1. The van der Waals surface area contributed by atoms with Crippen LogP contribution in [0.3, 0.4) is 0 Å². The van der Waals surface area contributed by atoms with E-state index >= 15 is 0 Å². The first-order valence-corrected chi connectivity index (χ1v) is 11.9. The molecule has 0 aromatic heterocycles. The molecule has 1 N–H and O–H groups in total. The summed E-state index contributed by atoms with van der Waals surface area (Å²) >= 11 is 3.42. The lowest BCUT2D eigenvalue weighted by molar-refractivity contribution is -0.116. The lowest BCUT2D eigenvalue weighted by atomic mass is 10.1. The van der Waals surface area contributed by atoms with Gasteiger partial charge in [0.15, 0.2) is 0 Å². The van der Waals surface area contributed by atoms with Gasteiger partial charge in [-0.1, -0.05) is 34.5 Å². The quantitative estimate of drug-likeness (QED) is 0.643. The maximum absolute atomic E-state index is 13.1. The number of hydrogen-bond acceptors (Lipinski definition) is 4. The monoisotopic (exact) mass is 480 g/mol. The number of carbonyl (C=O) groups is 1. The molecule has 1 aliphatic heterocycles. The third-order valence-electron chi connectivity index (χ3n) is 4.91. The topological polar surface area (TPSA) is 75.7 Å². The standard InChI is InChI=1S/C21H25BrN2O4S/c1-28-19-10-9-18(15-20(19)29(26,27)24-12-3-2-4-13-24)23-21(25)11-8-16-6-5-7-17(22)14-16/h5-7,9-10,14-15H,2-4,8,11-13H2,1H3,(H,23,25). The molecule has 2 aromatic rings. The molecule has 3 rings (SSSR count). The molecule has 1 heterocycles. The van der Waals surface area contributed by atoms with Crippen molar-refractivity contribution in [1.29, 1.82) is 0 Å². The molecule has 0 spiro atoms. The Morgan fingerprint density at radius 2 is 1.90 bits per heavy atom. The molecular formula is C21H25BrN2O4S. The molecule has 1 aliphatic rings. The van der Waals surface area contributed by atoms with Gasteiger partial charge >= 0.3 is 0 Å². The average Bonchev–Trinajstić information content (AvgIpc) is 2.73. The Hall–Kier alpha value is -1.90. The predicted octanol–water partition coefficient (Wildman–Crippen LogP) is 4.20. The van der Waals surface area contributed by atoms with Gasteiger partial charge in [-0.15, -0.1) is 0 Å². The number of benzene rings is 2. The normalized spacial score (nSPS) is 15.1. The van der Waals surface area contributed by atoms with Crippen molar-refractivity contribution in [3.05, 3.63) is 52.5 Å². The van der Waals surface area contributed by atoms with E-state index in [4.69, 9.17) is 4.74 Å². The van der Waals surface area contributed by atoms with E-state index in [0.29, 0.717) is 31.6 Å². The lowest BCUT2D eigenvalue weighted by Gasteiger charge is -2.26. The number of methoxy groups -OCH3 is 1. The van der Waals surface area contributed by atoms with Crippen molar-refractivity contribution < 1.29 is 17.9 Å². The predicted molar refractivity (Wildman–Crippen MR) is 117 cm³/mol. The minimum Gasteiger partial charge on any atom is -0.495 e. The SMILES string of the molecule is COc1ccc(NC(=O)CCc2cccc(Br)c2)cc1S(=O)(=O)N1CCCCC1. The summed E-state index contributed by atoms with van der Waals surface area (Å²) in [6.07, 6.45) is 3.65. The highest BCUT2D eigenvalue weighted by Gasteiger charge is 2.29. The van der Waals surface area contributed by atoms with Gasteiger partial charge in [0.05, 0.1) is 7.11 Å². The van der Waals surface area contributed by atoms with Crippen LogP contribution in [0, 0.1) is 0 Å². The fraction of sp³-hybridized carbons (Fsp3) is 0.381. The molecular weight excluding hydrogens is 456 g/mol. The summed E-state index contributed by atoms with van der Waals surface area (Å²) in [7, 11) is -2.23. The fourth-order valence-electron chi connectivity index (χ4n) is 3.37. The maximum atomic E-state index is 13.1. The van der Waals surface area contributed by atoms with Gasteiger partial charge in [-0.25, -0.2) is 8.42 Å². The summed E-state index contributed by atoms with van der Waals surface area (Å²) in [5, 5.41) is 2.80. The molecule has 29 heavy (non-hydrogen) atoms. The first-order valence-electron chi connectivity index (χ1n) is 9.62. The van der Waals surface area contributed by atoms with Gasteiger partial charge in [-0.05, 0) is 55.2 Å². The molecule has 8 heteroatoms. The van der Waals surface area contributed by atoms with Crippen LogP contribution in [-0.2, 0) is 21.2 Å². The van der Waals surface area contributed by atoms with Crippen molar-refractivity contribution in [3.8, 4) is 5.75 Å². The molecule has 0 saturated carbocycles. The summed E-state index contributed by atoms with van der Waals surface area (Å²) in [4.78, 5) is 12.5. The van der Waals surface area contributed by atoms with Crippen LogP contribution < -0.4 is 10.1 Å². The second kappa shape index (κ2) is 9.73. The number of rotatable bonds is 7. The van der Waals surface area contributed by atoms with Gasteiger partial charge in [0.2, 0.25) is 15.9 Å². The number of carbonyl (C=O) groups excluding carboxylic acids is 1. The second-order valence-corrected chi connectivity index (χ2v) is 9.83. The zero-order chi connectivity index (χ0) is 20.9. The third-order valence-corrected chi connectivity index (χ3v) is 7.32. The summed E-state index contributed by atoms with van der Waals surface area (Å²) in [6.45, 7) is 1.02. The highest BCUT2D eigenvalue weighted by molar-refractivity contribution is 9.10. The molecule has 0 atom stereocenters. The molecule has 0 bridgehead atoms. The molecule has 1 saturated heterocycles. The maximum Gasteiger partial charge on any atom is 0.246 e. The molecule has 2 aromatic carbocycles. The van der Waals surface area contributed by atoms with Crippen LogP contribution in [0.4, 0.5) is 5.69 Å². The van der Waals surface area contributed by atoms with E-state index in [1.165, 1.54) is 17.5 Å². The summed E-state index contributed by atoms with van der Waals surface area (Å²) in [5.74, 6) is 0.110. The van der Waals surface area contributed by atoms with Crippen molar-refractivity contribution in [3.63, 3.8) is 0 Å². The Kier molecular flexibility index (Phi) is 7.32. The number of hydrogen-bond donors (Lipinski definition) is 1. The highest BCUT2D eigenvalue weighted by Crippen LogP contribution is 2.31. The first-order chi connectivity index (χ1) is 13.9. The number of aryl methyl sites for hydroxylation is 1. The van der Waals surface area contributed by atoms with E-state index in [1.54, 1.807) is 12.1 Å². The average molecular weight is 481 g/mol. The summed E-state index contributed by atoms with van der Waals surface area (Å²) in [5.41, 5.74) is 1.50. The second-order valence-electron chi connectivity index (χ2n) is 7.01. The number of halogens is 1. The summed E-state index contributed by atoms with van der Waals surface area (Å²) in [6, 6.07) is 12.5. The van der Waals surface area contributed by atoms with E-state index in [-0.39, 0.29) is 16.6 Å². The Labute approximate surface area is 180 Å². The minimum atomic E-state index is -3.67. The molecule has 0 unspecified atom stereocenters. The van der Waals surface area contributed by atoms with Gasteiger partial charge in [-0.2, -0.15) is 4.31 Å². The summed E-state index contributed by atoms with van der Waals surface area (Å²) < 4.78 is 33.9. The van der Waals surface area contributed by atoms with Gasteiger partial charge in [0.25, 0.3) is 0 Å². The lowest BCUT2D eigenvalue weighted by Crippen LogP contribution is -2.35. The highest BCUT2D eigenvalue weighted by atomic mass is 79.9. The fourth-order valence-corrected chi connectivity index (χ4v) is 5.52. The smallest absolute Gasteiger partial charge is 0.246 e.